The molecule has 5 aliphatic rings. The van der Waals surface area contributed by atoms with Crippen molar-refractivity contribution in [2.75, 3.05) is 4.90 Å². The van der Waals surface area contributed by atoms with Gasteiger partial charge in [-0.05, 0) is 53.7 Å². The van der Waals surface area contributed by atoms with Crippen molar-refractivity contribution in [2.24, 2.45) is 35.5 Å². The topological polar surface area (TPSA) is 63.7 Å². The number of esters is 1. The Morgan fingerprint density at radius 2 is 1.71 bits per heavy atom. The first-order valence-electron chi connectivity index (χ1n) is 9.55. The molecule has 4 aliphatic carbocycles. The van der Waals surface area contributed by atoms with Gasteiger partial charge in [-0.3, -0.25) is 9.59 Å². The molecule has 1 saturated heterocycles. The molecule has 1 aromatic heterocycles. The summed E-state index contributed by atoms with van der Waals surface area (Å²) >= 11 is 1.31. The Hall–Kier alpha value is -2.73. The second kappa shape index (κ2) is 5.64. The van der Waals surface area contributed by atoms with E-state index in [1.807, 2.05) is 5.38 Å². The Kier molecular flexibility index (Phi) is 3.27. The first-order chi connectivity index (χ1) is 13.6. The van der Waals surface area contributed by atoms with Crippen LogP contribution in [0.2, 0.25) is 0 Å². The van der Waals surface area contributed by atoms with Crippen LogP contribution in [0.3, 0.4) is 0 Å². The van der Waals surface area contributed by atoms with Gasteiger partial charge in [-0.2, -0.15) is 0 Å². The van der Waals surface area contributed by atoms with Crippen LogP contribution in [-0.2, 0) is 9.59 Å². The number of nitrogens with zero attached hydrogens (tertiary/aromatic N) is 1. The minimum atomic E-state index is -0.442. The molecule has 140 valence electrons. The highest BCUT2D eigenvalue weighted by Crippen LogP contribution is 2.65. The van der Waals surface area contributed by atoms with Gasteiger partial charge in [-0.25, -0.2) is 9.69 Å². The summed E-state index contributed by atoms with van der Waals surface area (Å²) in [7, 11) is 0. The number of hydrogen-bond acceptors (Lipinski definition) is 5. The molecule has 2 bridgehead atoms. The fourth-order valence-electron chi connectivity index (χ4n) is 5.45. The fourth-order valence-corrected chi connectivity index (χ4v) is 6.05. The average Bonchev–Trinajstić information content (AvgIpc) is 3.26. The van der Waals surface area contributed by atoms with Crippen molar-refractivity contribution in [3.8, 4) is 5.75 Å². The van der Waals surface area contributed by atoms with Gasteiger partial charge in [0.15, 0.2) is 0 Å². The zero-order valence-electron chi connectivity index (χ0n) is 14.9. The van der Waals surface area contributed by atoms with Crippen LogP contribution in [0.4, 0.5) is 5.69 Å². The van der Waals surface area contributed by atoms with Crippen LogP contribution in [-0.4, -0.2) is 17.8 Å². The van der Waals surface area contributed by atoms with Gasteiger partial charge >= 0.3 is 5.97 Å². The second-order valence-electron chi connectivity index (χ2n) is 8.03. The van der Waals surface area contributed by atoms with Crippen molar-refractivity contribution in [1.29, 1.82) is 0 Å². The Morgan fingerprint density at radius 3 is 2.36 bits per heavy atom. The van der Waals surface area contributed by atoms with E-state index in [1.165, 1.54) is 16.2 Å². The van der Waals surface area contributed by atoms with Gasteiger partial charge in [0.25, 0.3) is 0 Å². The van der Waals surface area contributed by atoms with Gasteiger partial charge < -0.3 is 4.74 Å². The maximum atomic E-state index is 13.2. The summed E-state index contributed by atoms with van der Waals surface area (Å²) in [6, 6.07) is 10.2. The van der Waals surface area contributed by atoms with Gasteiger partial charge in [0.05, 0.1) is 17.5 Å². The van der Waals surface area contributed by atoms with Crippen LogP contribution in [0.5, 0.6) is 5.75 Å². The molecule has 0 unspecified atom stereocenters. The first-order valence-corrected chi connectivity index (χ1v) is 10.4. The monoisotopic (exact) mass is 391 g/mol. The standard InChI is InChI=1S/C22H17NO4S/c24-20-18-13-6-7-14(16-10-15(13)16)19(18)21(25)23(20)11-3-1-4-12(9-11)27-22(26)17-5-2-8-28-17/h1-9,13-16,18-19H,10H2/t13-,14-,15-,16-,18-,19+/m1/s1. The number of carbonyl (C=O) groups excluding carboxylic acids is 3. The molecule has 0 spiro atoms. The molecule has 1 aromatic carbocycles. The van der Waals surface area contributed by atoms with Crippen LogP contribution in [0.15, 0.2) is 53.9 Å². The molecule has 6 heteroatoms. The molecule has 2 aromatic rings. The molecule has 5 nitrogen and oxygen atoms in total. The highest BCUT2D eigenvalue weighted by molar-refractivity contribution is 7.12. The van der Waals surface area contributed by atoms with E-state index in [0.29, 0.717) is 28.1 Å². The van der Waals surface area contributed by atoms with Crippen molar-refractivity contribution in [3.05, 3.63) is 58.8 Å². The highest BCUT2D eigenvalue weighted by atomic mass is 32.1. The lowest BCUT2D eigenvalue weighted by Gasteiger charge is -2.37. The lowest BCUT2D eigenvalue weighted by molar-refractivity contribution is -0.124. The zero-order valence-corrected chi connectivity index (χ0v) is 15.7. The predicted octanol–water partition coefficient (Wildman–Crippen LogP) is 3.52. The summed E-state index contributed by atoms with van der Waals surface area (Å²) in [4.78, 5) is 40.4. The predicted molar refractivity (Wildman–Crippen MR) is 103 cm³/mol. The maximum Gasteiger partial charge on any atom is 0.353 e. The van der Waals surface area contributed by atoms with Crippen LogP contribution in [0, 0.1) is 35.5 Å². The molecule has 1 aliphatic heterocycles. The first kappa shape index (κ1) is 16.2. The van der Waals surface area contributed by atoms with Crippen molar-refractivity contribution < 1.29 is 19.1 Å². The number of anilines is 1. The summed E-state index contributed by atoms with van der Waals surface area (Å²) in [5.41, 5.74) is 0.481. The van der Waals surface area contributed by atoms with E-state index in [-0.39, 0.29) is 35.5 Å². The summed E-state index contributed by atoms with van der Waals surface area (Å²) < 4.78 is 5.44. The third-order valence-electron chi connectivity index (χ3n) is 6.67. The number of imide groups is 1. The Bertz CT molecular complexity index is 1010. The summed E-state index contributed by atoms with van der Waals surface area (Å²) in [5.74, 6) is 0.743. The Balaban J connectivity index is 1.30. The molecular weight excluding hydrogens is 374 g/mol. The van der Waals surface area contributed by atoms with Crippen molar-refractivity contribution in [2.45, 2.75) is 6.42 Å². The van der Waals surface area contributed by atoms with Crippen molar-refractivity contribution >= 4 is 34.8 Å². The molecule has 2 heterocycles. The van der Waals surface area contributed by atoms with E-state index in [0.717, 1.165) is 6.42 Å². The van der Waals surface area contributed by atoms with E-state index < -0.39 is 5.97 Å². The summed E-state index contributed by atoms with van der Waals surface area (Å²) in [6.07, 6.45) is 5.46. The number of hydrogen-bond donors (Lipinski definition) is 0. The van der Waals surface area contributed by atoms with E-state index in [1.54, 1.807) is 36.4 Å². The third kappa shape index (κ3) is 2.15. The number of allylic oxidation sites excluding steroid dienone is 2. The number of thiophene rings is 1. The van der Waals surface area contributed by atoms with Crippen molar-refractivity contribution in [1.82, 2.24) is 0 Å². The van der Waals surface area contributed by atoms with E-state index in [9.17, 15) is 14.4 Å². The van der Waals surface area contributed by atoms with Gasteiger partial charge in [0, 0.05) is 6.07 Å². The van der Waals surface area contributed by atoms with Gasteiger partial charge in [-0.15, -0.1) is 11.3 Å². The average molecular weight is 391 g/mol. The van der Waals surface area contributed by atoms with Gasteiger partial charge in [0.2, 0.25) is 11.8 Å². The highest BCUT2D eigenvalue weighted by Gasteiger charge is 2.67. The molecule has 0 radical (unpaired) electrons. The van der Waals surface area contributed by atoms with Crippen LogP contribution in [0.25, 0.3) is 0 Å². The molecule has 0 N–H and O–H groups in total. The van der Waals surface area contributed by atoms with Crippen molar-refractivity contribution in [3.63, 3.8) is 0 Å². The third-order valence-corrected chi connectivity index (χ3v) is 7.52. The van der Waals surface area contributed by atoms with Crippen LogP contribution >= 0.6 is 11.3 Å². The Labute approximate surface area is 165 Å². The number of carbonyl (C=O) groups is 3. The maximum absolute atomic E-state index is 13.2. The summed E-state index contributed by atoms with van der Waals surface area (Å²) in [5, 5.41) is 1.81. The molecule has 2 amide bonds. The largest absolute Gasteiger partial charge is 0.422 e. The second-order valence-corrected chi connectivity index (χ2v) is 8.98. The van der Waals surface area contributed by atoms with Gasteiger partial charge in [-0.1, -0.05) is 24.3 Å². The lowest BCUT2D eigenvalue weighted by atomic mass is 9.63. The number of amides is 2. The molecule has 3 fully saturated rings. The van der Waals surface area contributed by atoms with E-state index >= 15 is 0 Å². The van der Waals surface area contributed by atoms with Crippen LogP contribution < -0.4 is 9.64 Å². The minimum Gasteiger partial charge on any atom is -0.422 e. The number of benzene rings is 1. The zero-order chi connectivity index (χ0) is 19.0. The van der Waals surface area contributed by atoms with E-state index in [2.05, 4.69) is 12.2 Å². The quantitative estimate of drug-likeness (QED) is 0.348. The molecule has 28 heavy (non-hydrogen) atoms. The summed E-state index contributed by atoms with van der Waals surface area (Å²) in [6.45, 7) is 0. The number of rotatable bonds is 3. The minimum absolute atomic E-state index is 0.110. The fraction of sp³-hybridized carbons (Fsp3) is 0.318. The normalized spacial score (nSPS) is 34.4. The molecule has 7 rings (SSSR count). The molecule has 2 saturated carbocycles. The van der Waals surface area contributed by atoms with Gasteiger partial charge in [0.1, 0.15) is 10.6 Å². The number of ether oxygens (including phenoxy) is 1. The lowest BCUT2D eigenvalue weighted by Crippen LogP contribution is -2.40. The van der Waals surface area contributed by atoms with E-state index in [4.69, 9.17) is 4.74 Å². The molecular formula is C22H17NO4S. The smallest absolute Gasteiger partial charge is 0.353 e. The SMILES string of the molecule is O=C(Oc1cccc(N2C(=O)[C@@H]3[C@@H]4C=C[C@H]([C@H]5C[C@H]45)[C@@H]3C2=O)c1)c1cccs1. The van der Waals surface area contributed by atoms with Crippen LogP contribution in [0.1, 0.15) is 16.1 Å². The Morgan fingerprint density at radius 1 is 1.00 bits per heavy atom. The molecule has 6 atom stereocenters.